The number of benzene rings is 1. The van der Waals surface area contributed by atoms with Crippen molar-refractivity contribution in [3.05, 3.63) is 52.1 Å². The molecule has 1 aromatic carbocycles. The minimum atomic E-state index is 0.469. The van der Waals surface area contributed by atoms with E-state index in [1.807, 2.05) is 50.4 Å². The van der Waals surface area contributed by atoms with Crippen LogP contribution in [0.1, 0.15) is 11.3 Å². The molecule has 0 saturated carbocycles. The van der Waals surface area contributed by atoms with Gasteiger partial charge in [-0.1, -0.05) is 22.0 Å². The molecule has 0 unspecified atom stereocenters. The number of aryl methyl sites for hydroxylation is 1. The molecule has 3 nitrogen and oxygen atoms in total. The Morgan fingerprint density at radius 1 is 1.28 bits per heavy atom. The highest BCUT2D eigenvalue weighted by atomic mass is 79.9. The third-order valence-electron chi connectivity index (χ3n) is 2.58. The summed E-state index contributed by atoms with van der Waals surface area (Å²) in [6, 6.07) is 11.8. The van der Waals surface area contributed by atoms with Gasteiger partial charge in [0.2, 0.25) is 0 Å². The summed E-state index contributed by atoms with van der Waals surface area (Å²) in [5.74, 6) is 1.70. The van der Waals surface area contributed by atoms with Gasteiger partial charge in [-0.15, -0.1) is 0 Å². The molecule has 1 N–H and O–H groups in total. The van der Waals surface area contributed by atoms with Crippen molar-refractivity contribution in [3.8, 4) is 5.75 Å². The van der Waals surface area contributed by atoms with Gasteiger partial charge >= 0.3 is 0 Å². The van der Waals surface area contributed by atoms with E-state index in [0.29, 0.717) is 6.61 Å². The van der Waals surface area contributed by atoms with E-state index in [9.17, 15) is 0 Å². The average molecular weight is 307 g/mol. The average Bonchev–Trinajstić information content (AvgIpc) is 2.40. The van der Waals surface area contributed by atoms with Crippen LogP contribution in [0.5, 0.6) is 5.75 Å². The first kappa shape index (κ1) is 12.9. The molecule has 2 aromatic rings. The Morgan fingerprint density at radius 3 is 2.83 bits per heavy atom. The molecule has 1 heterocycles. The molecule has 0 aliphatic heterocycles. The van der Waals surface area contributed by atoms with Crippen molar-refractivity contribution in [3.63, 3.8) is 0 Å². The quantitative estimate of drug-likeness (QED) is 0.933. The van der Waals surface area contributed by atoms with Gasteiger partial charge < -0.3 is 10.1 Å². The lowest BCUT2D eigenvalue weighted by molar-refractivity contribution is 0.301. The summed E-state index contributed by atoms with van der Waals surface area (Å²) >= 11 is 3.47. The molecule has 0 spiro atoms. The minimum absolute atomic E-state index is 0.469. The predicted octanol–water partition coefficient (Wildman–Crippen LogP) is 3.77. The molecular weight excluding hydrogens is 292 g/mol. The SMILES string of the molecule is CNc1cccc(COc2ccc(Br)c(C)c2)n1. The number of anilines is 1. The molecule has 0 fully saturated rings. The summed E-state index contributed by atoms with van der Waals surface area (Å²) in [5, 5.41) is 3.01. The molecule has 0 saturated heterocycles. The van der Waals surface area contributed by atoms with Gasteiger partial charge in [-0.05, 0) is 42.8 Å². The summed E-state index contributed by atoms with van der Waals surface area (Å²) < 4.78 is 6.80. The van der Waals surface area contributed by atoms with Gasteiger partial charge in [0.25, 0.3) is 0 Å². The largest absolute Gasteiger partial charge is 0.487 e. The van der Waals surface area contributed by atoms with Crippen molar-refractivity contribution in [2.45, 2.75) is 13.5 Å². The van der Waals surface area contributed by atoms with Crippen molar-refractivity contribution in [2.24, 2.45) is 0 Å². The number of nitrogens with zero attached hydrogens (tertiary/aromatic N) is 1. The zero-order valence-corrected chi connectivity index (χ0v) is 12.0. The molecule has 4 heteroatoms. The fourth-order valence-corrected chi connectivity index (χ4v) is 1.81. The molecule has 0 bridgehead atoms. The lowest BCUT2D eigenvalue weighted by atomic mass is 10.2. The van der Waals surface area contributed by atoms with Crippen molar-refractivity contribution < 1.29 is 4.74 Å². The number of hydrogen-bond donors (Lipinski definition) is 1. The third kappa shape index (κ3) is 3.23. The van der Waals surface area contributed by atoms with Gasteiger partial charge in [0.05, 0.1) is 5.69 Å². The second-order valence-electron chi connectivity index (χ2n) is 3.96. The Labute approximate surface area is 115 Å². The van der Waals surface area contributed by atoms with E-state index in [-0.39, 0.29) is 0 Å². The van der Waals surface area contributed by atoms with Gasteiger partial charge in [0.15, 0.2) is 0 Å². The third-order valence-corrected chi connectivity index (χ3v) is 3.47. The molecule has 18 heavy (non-hydrogen) atoms. The van der Waals surface area contributed by atoms with Crippen LogP contribution in [0, 0.1) is 6.92 Å². The highest BCUT2D eigenvalue weighted by molar-refractivity contribution is 9.10. The van der Waals surface area contributed by atoms with Crippen LogP contribution in [0.15, 0.2) is 40.9 Å². The molecule has 0 atom stereocenters. The number of rotatable bonds is 4. The summed E-state index contributed by atoms with van der Waals surface area (Å²) in [6.45, 7) is 2.51. The smallest absolute Gasteiger partial charge is 0.130 e. The topological polar surface area (TPSA) is 34.1 Å². The zero-order valence-electron chi connectivity index (χ0n) is 10.4. The van der Waals surface area contributed by atoms with Crippen LogP contribution in [-0.4, -0.2) is 12.0 Å². The van der Waals surface area contributed by atoms with E-state index >= 15 is 0 Å². The van der Waals surface area contributed by atoms with E-state index < -0.39 is 0 Å². The van der Waals surface area contributed by atoms with Gasteiger partial charge in [-0.2, -0.15) is 0 Å². The van der Waals surface area contributed by atoms with E-state index in [4.69, 9.17) is 4.74 Å². The van der Waals surface area contributed by atoms with Gasteiger partial charge in [-0.3, -0.25) is 0 Å². The van der Waals surface area contributed by atoms with Gasteiger partial charge in [-0.25, -0.2) is 4.98 Å². The van der Waals surface area contributed by atoms with Crippen molar-refractivity contribution in [2.75, 3.05) is 12.4 Å². The monoisotopic (exact) mass is 306 g/mol. The van der Waals surface area contributed by atoms with Crippen LogP contribution in [-0.2, 0) is 6.61 Å². The van der Waals surface area contributed by atoms with Crippen molar-refractivity contribution in [1.82, 2.24) is 4.98 Å². The molecule has 0 aliphatic carbocycles. The number of pyridine rings is 1. The number of ether oxygens (including phenoxy) is 1. The second-order valence-corrected chi connectivity index (χ2v) is 4.82. The molecule has 2 rings (SSSR count). The fraction of sp³-hybridized carbons (Fsp3) is 0.214. The summed E-state index contributed by atoms with van der Waals surface area (Å²) in [7, 11) is 1.85. The Bertz CT molecular complexity index is 543. The lowest BCUT2D eigenvalue weighted by Crippen LogP contribution is -2.01. The first-order chi connectivity index (χ1) is 8.69. The molecule has 0 aliphatic rings. The summed E-state index contributed by atoms with van der Waals surface area (Å²) in [5.41, 5.74) is 2.06. The number of hydrogen-bond acceptors (Lipinski definition) is 3. The highest BCUT2D eigenvalue weighted by Crippen LogP contribution is 2.22. The summed E-state index contributed by atoms with van der Waals surface area (Å²) in [4.78, 5) is 4.40. The molecular formula is C14H15BrN2O. The molecule has 0 amide bonds. The standard InChI is InChI=1S/C14H15BrN2O/c1-10-8-12(6-7-13(10)15)18-9-11-4-3-5-14(16-2)17-11/h3-8H,9H2,1-2H3,(H,16,17). The Morgan fingerprint density at radius 2 is 2.11 bits per heavy atom. The first-order valence-corrected chi connectivity index (χ1v) is 6.51. The molecule has 0 radical (unpaired) electrons. The van der Waals surface area contributed by atoms with Gasteiger partial charge in [0, 0.05) is 11.5 Å². The predicted molar refractivity (Wildman–Crippen MR) is 77.0 cm³/mol. The fourth-order valence-electron chi connectivity index (χ4n) is 1.56. The number of aromatic nitrogens is 1. The Balaban J connectivity index is 2.04. The van der Waals surface area contributed by atoms with Crippen LogP contribution in [0.2, 0.25) is 0 Å². The number of halogens is 1. The van der Waals surface area contributed by atoms with Gasteiger partial charge in [0.1, 0.15) is 18.2 Å². The van der Waals surface area contributed by atoms with Crippen LogP contribution in [0.25, 0.3) is 0 Å². The maximum atomic E-state index is 5.72. The van der Waals surface area contributed by atoms with E-state index in [1.54, 1.807) is 0 Å². The molecule has 94 valence electrons. The maximum Gasteiger partial charge on any atom is 0.130 e. The molecule has 1 aromatic heterocycles. The van der Waals surface area contributed by atoms with Crippen LogP contribution >= 0.6 is 15.9 Å². The Hall–Kier alpha value is -1.55. The minimum Gasteiger partial charge on any atom is -0.487 e. The second kappa shape index (κ2) is 5.87. The van der Waals surface area contributed by atoms with Crippen LogP contribution in [0.4, 0.5) is 5.82 Å². The number of nitrogens with one attached hydrogen (secondary N) is 1. The highest BCUT2D eigenvalue weighted by Gasteiger charge is 2.00. The van der Waals surface area contributed by atoms with Crippen molar-refractivity contribution >= 4 is 21.7 Å². The first-order valence-electron chi connectivity index (χ1n) is 5.71. The van der Waals surface area contributed by atoms with E-state index in [1.165, 1.54) is 0 Å². The summed E-state index contributed by atoms with van der Waals surface area (Å²) in [6.07, 6.45) is 0. The van der Waals surface area contributed by atoms with E-state index in [2.05, 4.69) is 26.2 Å². The van der Waals surface area contributed by atoms with E-state index in [0.717, 1.165) is 27.3 Å². The Kier molecular flexibility index (Phi) is 4.20. The zero-order chi connectivity index (χ0) is 13.0. The lowest BCUT2D eigenvalue weighted by Gasteiger charge is -2.08. The van der Waals surface area contributed by atoms with Crippen LogP contribution < -0.4 is 10.1 Å². The maximum absolute atomic E-state index is 5.72. The van der Waals surface area contributed by atoms with Crippen LogP contribution in [0.3, 0.4) is 0 Å². The normalized spacial score (nSPS) is 10.2. The van der Waals surface area contributed by atoms with Crippen molar-refractivity contribution in [1.29, 1.82) is 0 Å².